The number of carbonyl (C=O) groups is 1. The highest BCUT2D eigenvalue weighted by Gasteiger charge is 2.16. The molecule has 0 heterocycles. The minimum atomic E-state index is -0.246. The molecule has 0 saturated carbocycles. The number of ether oxygens (including phenoxy) is 1. The van der Waals surface area contributed by atoms with Crippen LogP contribution >= 0.6 is 0 Å². The van der Waals surface area contributed by atoms with Crippen molar-refractivity contribution in [2.45, 2.75) is 32.8 Å². The van der Waals surface area contributed by atoms with E-state index in [0.29, 0.717) is 24.4 Å². The number of nitriles is 1. The van der Waals surface area contributed by atoms with Gasteiger partial charge in [-0.15, -0.1) is 0 Å². The summed E-state index contributed by atoms with van der Waals surface area (Å²) >= 11 is 0. The van der Waals surface area contributed by atoms with Gasteiger partial charge in [-0.2, -0.15) is 5.26 Å². The van der Waals surface area contributed by atoms with Crippen LogP contribution in [-0.2, 0) is 9.53 Å². The number of hydrogen-bond donors (Lipinski definition) is 2. The molecule has 1 amide bonds. The molecule has 22 heavy (non-hydrogen) atoms. The number of carbonyl (C=O) groups excluding carboxylic acids is 1. The number of hydrogen-bond acceptors (Lipinski definition) is 4. The maximum atomic E-state index is 11.8. The lowest BCUT2D eigenvalue weighted by atomic mass is 10.1. The van der Waals surface area contributed by atoms with Crippen molar-refractivity contribution in [1.82, 2.24) is 5.32 Å². The summed E-state index contributed by atoms with van der Waals surface area (Å²) in [7, 11) is 0. The molecule has 0 spiro atoms. The zero-order chi connectivity index (χ0) is 16.6. The largest absolute Gasteiger partial charge is 0.398 e. The summed E-state index contributed by atoms with van der Waals surface area (Å²) in [5.41, 5.74) is 7.00. The van der Waals surface area contributed by atoms with Gasteiger partial charge < -0.3 is 15.8 Å². The normalized spacial score (nSPS) is 11.4. The third-order valence-corrected chi connectivity index (χ3v) is 3.19. The zero-order valence-corrected chi connectivity index (χ0v) is 13.3. The number of rotatable bonds is 7. The predicted octanol–water partition coefficient (Wildman–Crippen LogP) is 2.48. The van der Waals surface area contributed by atoms with E-state index in [1.807, 2.05) is 26.8 Å². The van der Waals surface area contributed by atoms with E-state index in [2.05, 4.69) is 5.32 Å². The summed E-state index contributed by atoms with van der Waals surface area (Å²) in [4.78, 5) is 11.8. The molecule has 1 aromatic carbocycles. The molecule has 0 unspecified atom stereocenters. The third kappa shape index (κ3) is 5.98. The Labute approximate surface area is 131 Å². The van der Waals surface area contributed by atoms with Gasteiger partial charge in [0.1, 0.15) is 6.07 Å². The molecule has 0 atom stereocenters. The SMILES string of the molecule is CCOC(C)(C)CCNC(=O)/C=C/c1ccc(N)c(C#N)c1. The van der Waals surface area contributed by atoms with Crippen LogP contribution in [0.1, 0.15) is 38.3 Å². The summed E-state index contributed by atoms with van der Waals surface area (Å²) in [6, 6.07) is 7.08. The zero-order valence-electron chi connectivity index (χ0n) is 13.3. The van der Waals surface area contributed by atoms with Crippen LogP contribution in [0.2, 0.25) is 0 Å². The van der Waals surface area contributed by atoms with Gasteiger partial charge in [0.15, 0.2) is 0 Å². The molecule has 0 saturated heterocycles. The van der Waals surface area contributed by atoms with Crippen molar-refractivity contribution < 1.29 is 9.53 Å². The molecule has 0 aliphatic heterocycles. The minimum Gasteiger partial charge on any atom is -0.398 e. The van der Waals surface area contributed by atoms with Gasteiger partial charge in [-0.1, -0.05) is 6.07 Å². The molecule has 0 aliphatic rings. The van der Waals surface area contributed by atoms with Crippen molar-refractivity contribution in [3.63, 3.8) is 0 Å². The van der Waals surface area contributed by atoms with Crippen molar-refractivity contribution in [2.24, 2.45) is 0 Å². The number of benzene rings is 1. The first-order valence-electron chi connectivity index (χ1n) is 7.27. The van der Waals surface area contributed by atoms with E-state index < -0.39 is 0 Å². The summed E-state index contributed by atoms with van der Waals surface area (Å²) in [5.74, 6) is -0.178. The third-order valence-electron chi connectivity index (χ3n) is 3.19. The molecule has 0 radical (unpaired) electrons. The Bertz CT molecular complexity index is 586. The molecular formula is C17H23N3O2. The van der Waals surface area contributed by atoms with Gasteiger partial charge in [0.2, 0.25) is 5.91 Å². The number of nitrogen functional groups attached to an aromatic ring is 1. The maximum absolute atomic E-state index is 11.8. The van der Waals surface area contributed by atoms with Crippen LogP contribution in [-0.4, -0.2) is 24.7 Å². The number of anilines is 1. The number of nitrogens with two attached hydrogens (primary N) is 1. The average molecular weight is 301 g/mol. The lowest BCUT2D eigenvalue weighted by Gasteiger charge is -2.24. The van der Waals surface area contributed by atoms with Crippen molar-refractivity contribution in [1.29, 1.82) is 5.26 Å². The molecule has 0 bridgehead atoms. The Kier molecular flexibility index (Phi) is 6.61. The van der Waals surface area contributed by atoms with Gasteiger partial charge in [0.05, 0.1) is 11.2 Å². The molecule has 1 aromatic rings. The summed E-state index contributed by atoms with van der Waals surface area (Å²) in [6.07, 6.45) is 3.84. The number of amides is 1. The van der Waals surface area contributed by atoms with E-state index in [1.165, 1.54) is 6.08 Å². The van der Waals surface area contributed by atoms with Gasteiger partial charge in [-0.05, 0) is 51.0 Å². The average Bonchev–Trinajstić information content (AvgIpc) is 2.46. The molecule has 0 aliphatic carbocycles. The maximum Gasteiger partial charge on any atom is 0.244 e. The monoisotopic (exact) mass is 301 g/mol. The predicted molar refractivity (Wildman–Crippen MR) is 87.9 cm³/mol. The highest BCUT2D eigenvalue weighted by molar-refractivity contribution is 5.91. The molecule has 0 fully saturated rings. The van der Waals surface area contributed by atoms with E-state index in [9.17, 15) is 4.79 Å². The van der Waals surface area contributed by atoms with Crippen molar-refractivity contribution in [3.05, 3.63) is 35.4 Å². The highest BCUT2D eigenvalue weighted by atomic mass is 16.5. The van der Waals surface area contributed by atoms with E-state index in [0.717, 1.165) is 12.0 Å². The Balaban J connectivity index is 2.50. The van der Waals surface area contributed by atoms with Crippen LogP contribution in [0.4, 0.5) is 5.69 Å². The summed E-state index contributed by atoms with van der Waals surface area (Å²) in [6.45, 7) is 7.14. The molecule has 5 nitrogen and oxygen atoms in total. The topological polar surface area (TPSA) is 88.1 Å². The molecule has 0 aromatic heterocycles. The fraction of sp³-hybridized carbons (Fsp3) is 0.412. The van der Waals surface area contributed by atoms with Crippen LogP contribution in [0.3, 0.4) is 0 Å². The Morgan fingerprint density at radius 2 is 2.23 bits per heavy atom. The second kappa shape index (κ2) is 8.20. The first-order chi connectivity index (χ1) is 10.4. The molecule has 118 valence electrons. The second-order valence-electron chi connectivity index (χ2n) is 5.53. The van der Waals surface area contributed by atoms with Crippen molar-refractivity contribution >= 4 is 17.7 Å². The lowest BCUT2D eigenvalue weighted by Crippen LogP contribution is -2.32. The summed E-state index contributed by atoms with van der Waals surface area (Å²) in [5, 5.41) is 11.7. The van der Waals surface area contributed by atoms with E-state index in [4.69, 9.17) is 15.7 Å². The number of nitrogens with zero attached hydrogens (tertiary/aromatic N) is 1. The minimum absolute atomic E-state index is 0.178. The van der Waals surface area contributed by atoms with E-state index >= 15 is 0 Å². The standard InChI is InChI=1S/C17H23N3O2/c1-4-22-17(2,3)9-10-20-16(21)8-6-13-5-7-15(19)14(11-13)12-18/h5-8,11H,4,9-10,19H2,1-3H3,(H,20,21)/b8-6+. The fourth-order valence-electron chi connectivity index (χ4n) is 1.95. The van der Waals surface area contributed by atoms with Gasteiger partial charge in [-0.3, -0.25) is 4.79 Å². The Morgan fingerprint density at radius 1 is 1.50 bits per heavy atom. The first kappa shape index (κ1) is 17.7. The van der Waals surface area contributed by atoms with Crippen LogP contribution in [0.25, 0.3) is 6.08 Å². The summed E-state index contributed by atoms with van der Waals surface area (Å²) < 4.78 is 5.57. The van der Waals surface area contributed by atoms with Gasteiger partial charge >= 0.3 is 0 Å². The smallest absolute Gasteiger partial charge is 0.244 e. The fourth-order valence-corrected chi connectivity index (χ4v) is 1.95. The molecule has 5 heteroatoms. The number of nitrogens with one attached hydrogen (secondary N) is 1. The first-order valence-corrected chi connectivity index (χ1v) is 7.27. The molecular weight excluding hydrogens is 278 g/mol. The second-order valence-corrected chi connectivity index (χ2v) is 5.53. The Morgan fingerprint density at radius 3 is 2.86 bits per heavy atom. The molecule has 3 N–H and O–H groups in total. The van der Waals surface area contributed by atoms with Crippen LogP contribution < -0.4 is 11.1 Å². The molecule has 1 rings (SSSR count). The van der Waals surface area contributed by atoms with Gasteiger partial charge in [0, 0.05) is 24.9 Å². The van der Waals surface area contributed by atoms with Crippen molar-refractivity contribution in [3.8, 4) is 6.07 Å². The van der Waals surface area contributed by atoms with Gasteiger partial charge in [0.25, 0.3) is 0 Å². The van der Waals surface area contributed by atoms with E-state index in [1.54, 1.807) is 24.3 Å². The van der Waals surface area contributed by atoms with Crippen LogP contribution in [0, 0.1) is 11.3 Å². The van der Waals surface area contributed by atoms with E-state index in [-0.39, 0.29) is 11.5 Å². The Hall–Kier alpha value is -2.32. The van der Waals surface area contributed by atoms with Crippen LogP contribution in [0.15, 0.2) is 24.3 Å². The quantitative estimate of drug-likeness (QED) is 0.598. The van der Waals surface area contributed by atoms with Gasteiger partial charge in [-0.25, -0.2) is 0 Å². The highest BCUT2D eigenvalue weighted by Crippen LogP contribution is 2.14. The lowest BCUT2D eigenvalue weighted by molar-refractivity contribution is -0.116. The van der Waals surface area contributed by atoms with Crippen molar-refractivity contribution in [2.75, 3.05) is 18.9 Å². The van der Waals surface area contributed by atoms with Crippen LogP contribution in [0.5, 0.6) is 0 Å².